The zero-order chi connectivity index (χ0) is 23.6. The maximum absolute atomic E-state index is 13.2. The number of H-pyrrole nitrogens is 1. The zero-order valence-corrected chi connectivity index (χ0v) is 20.2. The minimum absolute atomic E-state index is 0.0466. The molecule has 3 heterocycles. The second-order valence-corrected chi connectivity index (χ2v) is 11.3. The summed E-state index contributed by atoms with van der Waals surface area (Å²) in [7, 11) is -3.64. The highest BCUT2D eigenvalue weighted by Gasteiger charge is 2.33. The summed E-state index contributed by atoms with van der Waals surface area (Å²) < 4.78 is 27.9. The molecule has 1 saturated heterocycles. The molecule has 1 N–H and O–H groups in total. The van der Waals surface area contributed by atoms with Crippen molar-refractivity contribution >= 4 is 27.0 Å². The summed E-state index contributed by atoms with van der Waals surface area (Å²) in [5.41, 5.74) is 1.33. The summed E-state index contributed by atoms with van der Waals surface area (Å²) in [6.45, 7) is 8.63. The van der Waals surface area contributed by atoms with Crippen molar-refractivity contribution in [1.29, 1.82) is 0 Å². The van der Waals surface area contributed by atoms with Gasteiger partial charge in [-0.3, -0.25) is 9.69 Å². The fourth-order valence-corrected chi connectivity index (χ4v) is 5.73. The Morgan fingerprint density at radius 1 is 1.06 bits per heavy atom. The number of nitrogens with one attached hydrogen (secondary N) is 1. The predicted molar refractivity (Wildman–Crippen MR) is 128 cm³/mol. The van der Waals surface area contributed by atoms with Gasteiger partial charge in [0, 0.05) is 56.0 Å². The lowest BCUT2D eigenvalue weighted by atomic mass is 10.0. The summed E-state index contributed by atoms with van der Waals surface area (Å²) in [5, 5.41) is 0.594. The van der Waals surface area contributed by atoms with E-state index in [1.165, 1.54) is 10.5 Å². The number of nitrogens with zero attached hydrogens (tertiary/aromatic N) is 4. The van der Waals surface area contributed by atoms with Gasteiger partial charge in [-0.2, -0.15) is 4.31 Å². The van der Waals surface area contributed by atoms with E-state index in [1.807, 2.05) is 60.9 Å². The van der Waals surface area contributed by atoms with Crippen molar-refractivity contribution in [1.82, 2.24) is 24.1 Å². The molecule has 3 aromatic rings. The van der Waals surface area contributed by atoms with Crippen LogP contribution in [0.4, 0.5) is 0 Å². The molecule has 2 aromatic heterocycles. The van der Waals surface area contributed by atoms with E-state index < -0.39 is 10.0 Å². The summed E-state index contributed by atoms with van der Waals surface area (Å²) in [4.78, 5) is 24.5. The Labute approximate surface area is 195 Å². The van der Waals surface area contributed by atoms with Gasteiger partial charge in [-0.1, -0.05) is 30.3 Å². The van der Waals surface area contributed by atoms with Crippen molar-refractivity contribution in [3.63, 3.8) is 0 Å². The molecular formula is C24H31N5O3S. The molecule has 1 fully saturated rings. The van der Waals surface area contributed by atoms with Gasteiger partial charge in [-0.15, -0.1) is 0 Å². The first-order chi connectivity index (χ1) is 15.7. The first kappa shape index (κ1) is 23.4. The van der Waals surface area contributed by atoms with Crippen LogP contribution >= 0.6 is 0 Å². The van der Waals surface area contributed by atoms with E-state index in [2.05, 4.69) is 9.97 Å². The van der Waals surface area contributed by atoms with Crippen LogP contribution in [0.1, 0.15) is 26.3 Å². The van der Waals surface area contributed by atoms with E-state index >= 15 is 0 Å². The normalized spacial score (nSPS) is 16.2. The number of benzene rings is 1. The molecule has 1 aromatic carbocycles. The molecule has 0 unspecified atom stereocenters. The molecular weight excluding hydrogens is 438 g/mol. The standard InChI is InChI=1S/C24H31N5O3S/c1-24(2,3)29(17-19-8-5-4-6-9-19)22(30)18-27-12-14-28(15-13-27)33(31,32)21-16-26-23-20(21)10-7-11-25-23/h4-11,16H,12-15,17-18H2,1-3H3,(H,25,26). The van der Waals surface area contributed by atoms with E-state index in [-0.39, 0.29) is 22.9 Å². The third-order valence-electron chi connectivity index (χ3n) is 6.02. The Hall–Kier alpha value is -2.75. The first-order valence-electron chi connectivity index (χ1n) is 11.2. The number of hydrogen-bond acceptors (Lipinski definition) is 5. The van der Waals surface area contributed by atoms with Crippen LogP contribution in [0, 0.1) is 0 Å². The number of aromatic nitrogens is 2. The lowest BCUT2D eigenvalue weighted by molar-refractivity contribution is -0.138. The Bertz CT molecular complexity index is 1210. The number of piperazine rings is 1. The number of aromatic amines is 1. The van der Waals surface area contributed by atoms with Crippen molar-refractivity contribution in [2.24, 2.45) is 0 Å². The van der Waals surface area contributed by atoms with Gasteiger partial charge in [0.1, 0.15) is 10.5 Å². The molecule has 1 aliphatic heterocycles. The van der Waals surface area contributed by atoms with Crippen LogP contribution < -0.4 is 0 Å². The molecule has 0 spiro atoms. The minimum Gasteiger partial charge on any atom is -0.345 e. The lowest BCUT2D eigenvalue weighted by Gasteiger charge is -2.39. The van der Waals surface area contributed by atoms with Crippen LogP contribution in [0.25, 0.3) is 11.0 Å². The van der Waals surface area contributed by atoms with Gasteiger partial charge in [-0.25, -0.2) is 13.4 Å². The Morgan fingerprint density at radius 3 is 2.42 bits per heavy atom. The number of sulfonamides is 1. The van der Waals surface area contributed by atoms with Crippen LogP contribution in [0.3, 0.4) is 0 Å². The lowest BCUT2D eigenvalue weighted by Crippen LogP contribution is -2.53. The fourth-order valence-electron chi connectivity index (χ4n) is 4.15. The number of carbonyl (C=O) groups is 1. The SMILES string of the molecule is CC(C)(C)N(Cc1ccccc1)C(=O)CN1CCN(S(=O)(=O)c2c[nH]c3ncccc23)CC1. The number of rotatable bonds is 6. The second kappa shape index (κ2) is 9.24. The Morgan fingerprint density at radius 2 is 1.76 bits per heavy atom. The molecule has 4 rings (SSSR count). The van der Waals surface area contributed by atoms with Crippen molar-refractivity contribution < 1.29 is 13.2 Å². The van der Waals surface area contributed by atoms with E-state index in [0.29, 0.717) is 43.8 Å². The van der Waals surface area contributed by atoms with Gasteiger partial charge < -0.3 is 9.88 Å². The number of carbonyl (C=O) groups excluding carboxylic acids is 1. The van der Waals surface area contributed by atoms with E-state index in [9.17, 15) is 13.2 Å². The topological polar surface area (TPSA) is 89.6 Å². The summed E-state index contributed by atoms with van der Waals surface area (Å²) >= 11 is 0. The maximum Gasteiger partial charge on any atom is 0.245 e. The third-order valence-corrected chi connectivity index (χ3v) is 7.95. The first-order valence-corrected chi connectivity index (χ1v) is 12.6. The number of fused-ring (bicyclic) bond motifs is 1. The van der Waals surface area contributed by atoms with Crippen molar-refractivity contribution in [2.75, 3.05) is 32.7 Å². The molecule has 0 radical (unpaired) electrons. The Kier molecular flexibility index (Phi) is 6.56. The third kappa shape index (κ3) is 5.10. The minimum atomic E-state index is -3.64. The molecule has 8 nitrogen and oxygen atoms in total. The zero-order valence-electron chi connectivity index (χ0n) is 19.4. The highest BCUT2D eigenvalue weighted by Crippen LogP contribution is 2.25. The smallest absolute Gasteiger partial charge is 0.245 e. The van der Waals surface area contributed by atoms with Gasteiger partial charge in [-0.05, 0) is 38.5 Å². The van der Waals surface area contributed by atoms with E-state index in [1.54, 1.807) is 18.3 Å². The Balaban J connectivity index is 1.40. The second-order valence-electron chi connectivity index (χ2n) is 9.37. The van der Waals surface area contributed by atoms with Crippen LogP contribution in [0.15, 0.2) is 59.8 Å². The number of amides is 1. The molecule has 176 valence electrons. The quantitative estimate of drug-likeness (QED) is 0.600. The molecule has 0 saturated carbocycles. The van der Waals surface area contributed by atoms with Crippen LogP contribution in [0.2, 0.25) is 0 Å². The molecule has 33 heavy (non-hydrogen) atoms. The van der Waals surface area contributed by atoms with E-state index in [4.69, 9.17) is 0 Å². The van der Waals surface area contributed by atoms with Crippen LogP contribution in [-0.4, -0.2) is 76.7 Å². The van der Waals surface area contributed by atoms with Crippen molar-refractivity contribution in [2.45, 2.75) is 37.8 Å². The van der Waals surface area contributed by atoms with Gasteiger partial charge in [0.15, 0.2) is 0 Å². The van der Waals surface area contributed by atoms with Gasteiger partial charge in [0.25, 0.3) is 0 Å². The largest absolute Gasteiger partial charge is 0.345 e. The van der Waals surface area contributed by atoms with Gasteiger partial charge in [0.2, 0.25) is 15.9 Å². The summed E-state index contributed by atoms with van der Waals surface area (Å²) in [6, 6.07) is 13.5. The molecule has 0 atom stereocenters. The molecule has 0 aliphatic carbocycles. The summed E-state index contributed by atoms with van der Waals surface area (Å²) in [5.74, 6) is 0.0466. The predicted octanol–water partition coefficient (Wildman–Crippen LogP) is 2.70. The van der Waals surface area contributed by atoms with E-state index in [0.717, 1.165) is 5.56 Å². The number of hydrogen-bond donors (Lipinski definition) is 1. The maximum atomic E-state index is 13.2. The van der Waals surface area contributed by atoms with Gasteiger partial charge in [0.05, 0.1) is 6.54 Å². The summed E-state index contributed by atoms with van der Waals surface area (Å²) in [6.07, 6.45) is 3.14. The molecule has 0 bridgehead atoms. The number of pyridine rings is 1. The fraction of sp³-hybridized carbons (Fsp3) is 0.417. The molecule has 1 amide bonds. The average molecular weight is 470 g/mol. The van der Waals surface area contributed by atoms with Crippen LogP contribution in [-0.2, 0) is 21.4 Å². The monoisotopic (exact) mass is 469 g/mol. The van der Waals surface area contributed by atoms with Crippen molar-refractivity contribution in [3.8, 4) is 0 Å². The van der Waals surface area contributed by atoms with Gasteiger partial charge >= 0.3 is 0 Å². The molecule has 1 aliphatic rings. The van der Waals surface area contributed by atoms with Crippen LogP contribution in [0.5, 0.6) is 0 Å². The molecule has 9 heteroatoms. The highest BCUT2D eigenvalue weighted by atomic mass is 32.2. The highest BCUT2D eigenvalue weighted by molar-refractivity contribution is 7.89. The van der Waals surface area contributed by atoms with Crippen molar-refractivity contribution in [3.05, 3.63) is 60.4 Å². The average Bonchev–Trinajstić information content (AvgIpc) is 3.23.